The minimum Gasteiger partial charge on any atom is -0.481 e. The molecule has 0 radical (unpaired) electrons. The number of carboxylic acid groups (broad SMARTS) is 2. The molecule has 0 amide bonds. The summed E-state index contributed by atoms with van der Waals surface area (Å²) < 4.78 is 0. The SMILES string of the molecule is CCCC1(C(=O)O)CCCC1C(=O)O. The summed E-state index contributed by atoms with van der Waals surface area (Å²) in [4.78, 5) is 22.1. The van der Waals surface area contributed by atoms with Crippen LogP contribution in [0, 0.1) is 11.3 Å². The highest BCUT2D eigenvalue weighted by Crippen LogP contribution is 2.47. The molecule has 2 N–H and O–H groups in total. The first-order valence-corrected chi connectivity index (χ1v) is 5.01. The quantitative estimate of drug-likeness (QED) is 0.724. The highest BCUT2D eigenvalue weighted by atomic mass is 16.4. The zero-order valence-corrected chi connectivity index (χ0v) is 8.32. The predicted molar refractivity (Wildman–Crippen MR) is 50.0 cm³/mol. The Morgan fingerprint density at radius 1 is 1.43 bits per heavy atom. The number of aliphatic carboxylic acids is 2. The fourth-order valence-electron chi connectivity index (χ4n) is 2.54. The van der Waals surface area contributed by atoms with Gasteiger partial charge in [0.05, 0.1) is 11.3 Å². The van der Waals surface area contributed by atoms with E-state index in [1.54, 1.807) is 0 Å². The lowest BCUT2D eigenvalue weighted by molar-refractivity contribution is -0.161. The first-order valence-electron chi connectivity index (χ1n) is 5.01. The Balaban J connectivity index is 2.95. The lowest BCUT2D eigenvalue weighted by atomic mass is 9.74. The molecule has 4 nitrogen and oxygen atoms in total. The maximum Gasteiger partial charge on any atom is 0.310 e. The molecule has 4 heteroatoms. The van der Waals surface area contributed by atoms with Gasteiger partial charge in [-0.05, 0) is 19.3 Å². The number of carbonyl (C=O) groups is 2. The van der Waals surface area contributed by atoms with E-state index in [1.807, 2.05) is 6.92 Å². The number of hydrogen-bond acceptors (Lipinski definition) is 2. The molecule has 1 aliphatic carbocycles. The second-order valence-electron chi connectivity index (χ2n) is 3.99. The fraction of sp³-hybridized carbons (Fsp3) is 0.800. The van der Waals surface area contributed by atoms with Crippen molar-refractivity contribution in [2.24, 2.45) is 11.3 Å². The Labute approximate surface area is 82.9 Å². The van der Waals surface area contributed by atoms with E-state index in [-0.39, 0.29) is 0 Å². The molecule has 80 valence electrons. The third-order valence-electron chi connectivity index (χ3n) is 3.20. The Hall–Kier alpha value is -1.06. The normalized spacial score (nSPS) is 31.6. The molecule has 2 atom stereocenters. The van der Waals surface area contributed by atoms with Gasteiger partial charge in [-0.3, -0.25) is 9.59 Å². The highest BCUT2D eigenvalue weighted by molar-refractivity contribution is 5.84. The van der Waals surface area contributed by atoms with Crippen LogP contribution < -0.4 is 0 Å². The molecule has 0 heterocycles. The molecule has 0 aromatic heterocycles. The van der Waals surface area contributed by atoms with Crippen LogP contribution in [0.3, 0.4) is 0 Å². The molecule has 1 aliphatic rings. The van der Waals surface area contributed by atoms with Crippen LogP contribution in [0.25, 0.3) is 0 Å². The van der Waals surface area contributed by atoms with Crippen molar-refractivity contribution in [1.82, 2.24) is 0 Å². The summed E-state index contributed by atoms with van der Waals surface area (Å²) in [6.07, 6.45) is 2.91. The van der Waals surface area contributed by atoms with Crippen LogP contribution in [0.5, 0.6) is 0 Å². The van der Waals surface area contributed by atoms with E-state index in [9.17, 15) is 9.59 Å². The van der Waals surface area contributed by atoms with Crippen LogP contribution in [0.15, 0.2) is 0 Å². The lowest BCUT2D eigenvalue weighted by Gasteiger charge is -2.28. The summed E-state index contributed by atoms with van der Waals surface area (Å²) in [5.41, 5.74) is -0.999. The zero-order valence-electron chi connectivity index (χ0n) is 8.32. The van der Waals surface area contributed by atoms with Crippen LogP contribution in [-0.4, -0.2) is 22.2 Å². The van der Waals surface area contributed by atoms with E-state index in [4.69, 9.17) is 10.2 Å². The number of hydrogen-bond donors (Lipinski definition) is 2. The zero-order chi connectivity index (χ0) is 10.8. The number of rotatable bonds is 4. The average molecular weight is 200 g/mol. The smallest absolute Gasteiger partial charge is 0.310 e. The Kier molecular flexibility index (Phi) is 3.13. The second-order valence-corrected chi connectivity index (χ2v) is 3.99. The van der Waals surface area contributed by atoms with Crippen molar-refractivity contribution in [2.75, 3.05) is 0 Å². The molecule has 1 rings (SSSR count). The van der Waals surface area contributed by atoms with Crippen LogP contribution in [-0.2, 0) is 9.59 Å². The van der Waals surface area contributed by atoms with Gasteiger partial charge in [-0.2, -0.15) is 0 Å². The van der Waals surface area contributed by atoms with Gasteiger partial charge in [0.1, 0.15) is 0 Å². The minimum absolute atomic E-state index is 0.472. The van der Waals surface area contributed by atoms with Crippen LogP contribution in [0.1, 0.15) is 39.0 Å². The van der Waals surface area contributed by atoms with Crippen molar-refractivity contribution in [1.29, 1.82) is 0 Å². The molecule has 0 aromatic carbocycles. The topological polar surface area (TPSA) is 74.6 Å². The summed E-state index contributed by atoms with van der Waals surface area (Å²) >= 11 is 0. The van der Waals surface area contributed by atoms with Crippen molar-refractivity contribution >= 4 is 11.9 Å². The Morgan fingerprint density at radius 2 is 2.07 bits per heavy atom. The Morgan fingerprint density at radius 3 is 2.50 bits per heavy atom. The van der Waals surface area contributed by atoms with Crippen molar-refractivity contribution in [3.63, 3.8) is 0 Å². The maximum absolute atomic E-state index is 11.2. The van der Waals surface area contributed by atoms with Gasteiger partial charge in [-0.1, -0.05) is 19.8 Å². The summed E-state index contributed by atoms with van der Waals surface area (Å²) in [5.74, 6) is -2.59. The van der Waals surface area contributed by atoms with Gasteiger partial charge < -0.3 is 10.2 Å². The largest absolute Gasteiger partial charge is 0.481 e. The molecule has 0 saturated heterocycles. The molecule has 2 unspecified atom stereocenters. The first kappa shape index (κ1) is 11.0. The Bertz CT molecular complexity index is 249. The van der Waals surface area contributed by atoms with E-state index >= 15 is 0 Å². The van der Waals surface area contributed by atoms with Crippen molar-refractivity contribution in [3.05, 3.63) is 0 Å². The van der Waals surface area contributed by atoms with E-state index in [2.05, 4.69) is 0 Å². The fourth-order valence-corrected chi connectivity index (χ4v) is 2.54. The van der Waals surface area contributed by atoms with E-state index in [1.165, 1.54) is 0 Å². The predicted octanol–water partition coefficient (Wildman–Crippen LogP) is 1.74. The van der Waals surface area contributed by atoms with Crippen molar-refractivity contribution in [3.8, 4) is 0 Å². The third kappa shape index (κ3) is 1.61. The standard InChI is InChI=1S/C10H16O4/c1-2-5-10(9(13)14)6-3-4-7(10)8(11)12/h7H,2-6H2,1H3,(H,11,12)(H,13,14). The molecule has 0 aliphatic heterocycles. The van der Waals surface area contributed by atoms with Crippen molar-refractivity contribution in [2.45, 2.75) is 39.0 Å². The van der Waals surface area contributed by atoms with E-state index in [0.717, 1.165) is 6.42 Å². The molecule has 0 spiro atoms. The minimum atomic E-state index is -0.999. The summed E-state index contributed by atoms with van der Waals surface area (Å²) in [5, 5.41) is 18.1. The molecular formula is C10H16O4. The van der Waals surface area contributed by atoms with Gasteiger partial charge in [0.2, 0.25) is 0 Å². The molecule has 1 saturated carbocycles. The van der Waals surface area contributed by atoms with E-state index < -0.39 is 23.3 Å². The van der Waals surface area contributed by atoms with E-state index in [0.29, 0.717) is 25.7 Å². The van der Waals surface area contributed by atoms with Gasteiger partial charge in [-0.25, -0.2) is 0 Å². The summed E-state index contributed by atoms with van der Waals surface area (Å²) in [6.45, 7) is 1.89. The van der Waals surface area contributed by atoms with Crippen LogP contribution >= 0.6 is 0 Å². The van der Waals surface area contributed by atoms with Gasteiger partial charge >= 0.3 is 11.9 Å². The summed E-state index contributed by atoms with van der Waals surface area (Å²) in [7, 11) is 0. The third-order valence-corrected chi connectivity index (χ3v) is 3.20. The van der Waals surface area contributed by atoms with Gasteiger partial charge in [0.25, 0.3) is 0 Å². The monoisotopic (exact) mass is 200 g/mol. The second kappa shape index (κ2) is 3.98. The molecule has 0 aromatic rings. The van der Waals surface area contributed by atoms with Gasteiger partial charge in [-0.15, -0.1) is 0 Å². The molecule has 0 bridgehead atoms. The van der Waals surface area contributed by atoms with Crippen LogP contribution in [0.4, 0.5) is 0 Å². The number of carboxylic acids is 2. The molecular weight excluding hydrogens is 184 g/mol. The first-order chi connectivity index (χ1) is 6.54. The molecule has 1 fully saturated rings. The maximum atomic E-state index is 11.2. The lowest BCUT2D eigenvalue weighted by Crippen LogP contribution is -2.38. The van der Waals surface area contributed by atoms with Crippen LogP contribution in [0.2, 0.25) is 0 Å². The van der Waals surface area contributed by atoms with Gasteiger partial charge in [0, 0.05) is 0 Å². The summed E-state index contributed by atoms with van der Waals surface area (Å²) in [6, 6.07) is 0. The average Bonchev–Trinajstić information content (AvgIpc) is 2.50. The van der Waals surface area contributed by atoms with Gasteiger partial charge in [0.15, 0.2) is 0 Å². The highest BCUT2D eigenvalue weighted by Gasteiger charge is 2.51. The van der Waals surface area contributed by atoms with Crippen molar-refractivity contribution < 1.29 is 19.8 Å². The molecule has 14 heavy (non-hydrogen) atoms.